The molecule has 0 saturated carbocycles. The Morgan fingerprint density at radius 2 is 1.72 bits per heavy atom. The van der Waals surface area contributed by atoms with E-state index in [1.807, 2.05) is 6.20 Å². The average molecular weight is 387 g/mol. The summed E-state index contributed by atoms with van der Waals surface area (Å²) in [5, 5.41) is 6.20. The van der Waals surface area contributed by atoms with Gasteiger partial charge in [-0.05, 0) is 57.7 Å². The lowest BCUT2D eigenvalue weighted by Gasteiger charge is -2.12. The number of hydrogen-bond acceptors (Lipinski definition) is 3. The van der Waals surface area contributed by atoms with Gasteiger partial charge in [0.2, 0.25) is 0 Å². The molecule has 4 rings (SSSR count). The lowest BCUT2D eigenvalue weighted by Crippen LogP contribution is -2.21. The van der Waals surface area contributed by atoms with Crippen LogP contribution in [0.4, 0.5) is 0 Å². The Morgan fingerprint density at radius 3 is 2.55 bits per heavy atom. The van der Waals surface area contributed by atoms with Gasteiger partial charge in [0.1, 0.15) is 0 Å². The van der Waals surface area contributed by atoms with Crippen molar-refractivity contribution in [3.8, 4) is 0 Å². The Hall–Kier alpha value is -2.69. The summed E-state index contributed by atoms with van der Waals surface area (Å²) in [4.78, 5) is 6.98. The molecule has 0 aliphatic carbocycles. The molecule has 0 spiro atoms. The van der Waals surface area contributed by atoms with Crippen LogP contribution in [0.3, 0.4) is 0 Å². The van der Waals surface area contributed by atoms with Gasteiger partial charge in [0, 0.05) is 35.6 Å². The molecule has 0 amide bonds. The minimum absolute atomic E-state index is 0.798. The molecule has 1 N–H and O–H groups in total. The summed E-state index contributed by atoms with van der Waals surface area (Å²) in [7, 11) is 4.24. The summed E-state index contributed by atoms with van der Waals surface area (Å²) in [5.74, 6) is 0. The molecule has 29 heavy (non-hydrogen) atoms. The van der Waals surface area contributed by atoms with Crippen molar-refractivity contribution in [3.05, 3.63) is 78.1 Å². The number of aromatic nitrogens is 2. The Kier molecular flexibility index (Phi) is 6.23. The smallest absolute Gasteiger partial charge is 0.0784 e. The highest BCUT2D eigenvalue weighted by Crippen LogP contribution is 2.30. The molecule has 0 radical (unpaired) electrons. The molecule has 2 aromatic heterocycles. The number of hydrogen-bond donors (Lipinski definition) is 1. The number of benzene rings is 2. The van der Waals surface area contributed by atoms with Crippen molar-refractivity contribution in [1.29, 1.82) is 0 Å². The maximum atomic E-state index is 4.76. The van der Waals surface area contributed by atoms with Gasteiger partial charge in [-0.3, -0.25) is 4.98 Å². The molecule has 0 atom stereocenters. The summed E-state index contributed by atoms with van der Waals surface area (Å²) < 4.78 is 2.46. The molecule has 0 bridgehead atoms. The fourth-order valence-electron chi connectivity index (χ4n) is 4.05. The molecule has 2 heterocycles. The maximum absolute atomic E-state index is 4.76. The van der Waals surface area contributed by atoms with Gasteiger partial charge in [-0.2, -0.15) is 0 Å². The minimum Gasteiger partial charge on any atom is -0.339 e. The van der Waals surface area contributed by atoms with E-state index >= 15 is 0 Å². The molecule has 0 aliphatic heterocycles. The average Bonchev–Trinajstić information content (AvgIpc) is 3.07. The third kappa shape index (κ3) is 4.50. The molecule has 150 valence electrons. The van der Waals surface area contributed by atoms with E-state index < -0.39 is 0 Å². The van der Waals surface area contributed by atoms with Gasteiger partial charge < -0.3 is 14.8 Å². The normalized spacial score (nSPS) is 11.7. The molecular weight excluding hydrogens is 356 g/mol. The zero-order chi connectivity index (χ0) is 20.1. The molecular formula is C25H30N4. The van der Waals surface area contributed by atoms with Crippen LogP contribution >= 0.6 is 0 Å². The first kappa shape index (κ1) is 19.6. The van der Waals surface area contributed by atoms with E-state index in [1.54, 1.807) is 0 Å². The van der Waals surface area contributed by atoms with Crippen molar-refractivity contribution in [2.24, 2.45) is 0 Å². The number of rotatable bonds is 9. The number of aryl methyl sites for hydroxylation is 2. The van der Waals surface area contributed by atoms with Crippen LogP contribution in [0.2, 0.25) is 0 Å². The second-order valence-corrected chi connectivity index (χ2v) is 7.89. The van der Waals surface area contributed by atoms with Crippen LogP contribution in [-0.4, -0.2) is 41.6 Å². The summed E-state index contributed by atoms with van der Waals surface area (Å²) >= 11 is 0. The van der Waals surface area contributed by atoms with E-state index in [0.29, 0.717) is 0 Å². The summed E-state index contributed by atoms with van der Waals surface area (Å²) in [6, 6.07) is 21.6. The zero-order valence-corrected chi connectivity index (χ0v) is 17.4. The van der Waals surface area contributed by atoms with Crippen LogP contribution in [0.25, 0.3) is 21.8 Å². The fourth-order valence-corrected chi connectivity index (χ4v) is 4.05. The quantitative estimate of drug-likeness (QED) is 0.431. The highest BCUT2D eigenvalue weighted by molar-refractivity contribution is 6.08. The van der Waals surface area contributed by atoms with E-state index in [4.69, 9.17) is 4.98 Å². The molecule has 4 heteroatoms. The molecule has 0 fully saturated rings. The first-order valence-electron chi connectivity index (χ1n) is 10.5. The van der Waals surface area contributed by atoms with Crippen LogP contribution in [0.1, 0.15) is 17.7 Å². The van der Waals surface area contributed by atoms with Gasteiger partial charge in [-0.25, -0.2) is 0 Å². The van der Waals surface area contributed by atoms with Gasteiger partial charge in [0.05, 0.1) is 11.2 Å². The van der Waals surface area contributed by atoms with Gasteiger partial charge in [0.25, 0.3) is 0 Å². The third-order valence-electron chi connectivity index (χ3n) is 5.47. The highest BCUT2D eigenvalue weighted by atomic mass is 15.1. The third-order valence-corrected chi connectivity index (χ3v) is 5.47. The fraction of sp³-hybridized carbons (Fsp3) is 0.320. The number of para-hydroxylation sites is 1. The van der Waals surface area contributed by atoms with E-state index in [2.05, 4.69) is 89.5 Å². The van der Waals surface area contributed by atoms with Crippen LogP contribution in [0.5, 0.6) is 0 Å². The monoisotopic (exact) mass is 386 g/mol. The maximum Gasteiger partial charge on any atom is 0.0784 e. The summed E-state index contributed by atoms with van der Waals surface area (Å²) in [6.45, 7) is 3.85. The summed E-state index contributed by atoms with van der Waals surface area (Å²) in [6.07, 6.45) is 4.10. The first-order valence-corrected chi connectivity index (χ1v) is 10.5. The van der Waals surface area contributed by atoms with Crippen molar-refractivity contribution in [2.75, 3.05) is 27.2 Å². The van der Waals surface area contributed by atoms with Gasteiger partial charge in [-0.15, -0.1) is 0 Å². The molecule has 0 unspecified atom stereocenters. The van der Waals surface area contributed by atoms with Crippen molar-refractivity contribution in [2.45, 2.75) is 25.9 Å². The van der Waals surface area contributed by atoms with Crippen LogP contribution in [-0.2, 0) is 19.5 Å². The highest BCUT2D eigenvalue weighted by Gasteiger charge is 2.14. The van der Waals surface area contributed by atoms with Gasteiger partial charge in [0.15, 0.2) is 0 Å². The van der Waals surface area contributed by atoms with Crippen molar-refractivity contribution in [3.63, 3.8) is 0 Å². The molecule has 2 aromatic carbocycles. The second-order valence-electron chi connectivity index (χ2n) is 7.89. The van der Waals surface area contributed by atoms with Crippen LogP contribution in [0.15, 0.2) is 66.9 Å². The lowest BCUT2D eigenvalue weighted by atomic mass is 10.1. The Bertz CT molecular complexity index is 1070. The lowest BCUT2D eigenvalue weighted by molar-refractivity contribution is 0.394. The van der Waals surface area contributed by atoms with E-state index in [0.717, 1.165) is 44.7 Å². The van der Waals surface area contributed by atoms with Crippen molar-refractivity contribution in [1.82, 2.24) is 19.8 Å². The van der Waals surface area contributed by atoms with Gasteiger partial charge in [-0.1, -0.05) is 48.5 Å². The number of nitrogens with one attached hydrogen (secondary N) is 1. The Labute approximate surface area is 173 Å². The SMILES string of the molecule is CN(C)CCCNCc1nccc2c3ccccc3n(CCc3ccccc3)c12. The number of pyridine rings is 1. The molecule has 0 saturated heterocycles. The van der Waals surface area contributed by atoms with E-state index in [-0.39, 0.29) is 0 Å². The van der Waals surface area contributed by atoms with Crippen molar-refractivity contribution < 1.29 is 0 Å². The molecule has 0 aliphatic rings. The Morgan fingerprint density at radius 1 is 0.931 bits per heavy atom. The largest absolute Gasteiger partial charge is 0.339 e. The Balaban J connectivity index is 1.64. The molecule has 4 aromatic rings. The summed E-state index contributed by atoms with van der Waals surface area (Å²) in [5.41, 5.74) is 5.06. The second kappa shape index (κ2) is 9.21. The van der Waals surface area contributed by atoms with Gasteiger partial charge >= 0.3 is 0 Å². The molecule has 4 nitrogen and oxygen atoms in total. The minimum atomic E-state index is 0.798. The first-order chi connectivity index (χ1) is 14.2. The van der Waals surface area contributed by atoms with E-state index in [1.165, 1.54) is 27.4 Å². The van der Waals surface area contributed by atoms with Crippen LogP contribution < -0.4 is 5.32 Å². The van der Waals surface area contributed by atoms with Crippen molar-refractivity contribution >= 4 is 21.8 Å². The standard InChI is InChI=1S/C25H30N4/c1-28(2)17-8-15-26-19-23-25-22(13-16-27-23)21-11-6-7-12-24(21)29(25)18-14-20-9-4-3-5-10-20/h3-7,9-13,16,26H,8,14-15,17-19H2,1-2H3. The predicted molar refractivity (Wildman–Crippen MR) is 122 cm³/mol. The number of fused-ring (bicyclic) bond motifs is 3. The zero-order valence-electron chi connectivity index (χ0n) is 17.4. The predicted octanol–water partition coefficient (Wildman–Crippen LogP) is 4.47. The van der Waals surface area contributed by atoms with E-state index in [9.17, 15) is 0 Å². The van der Waals surface area contributed by atoms with Crippen LogP contribution in [0, 0.1) is 0 Å². The number of nitrogens with zero attached hydrogens (tertiary/aromatic N) is 3. The topological polar surface area (TPSA) is 33.1 Å².